The van der Waals surface area contributed by atoms with E-state index in [1.807, 2.05) is 37.3 Å². The Balaban J connectivity index is 1.26. The first kappa shape index (κ1) is 23.9. The monoisotopic (exact) mass is 474 g/mol. The van der Waals surface area contributed by atoms with Crippen molar-refractivity contribution in [2.45, 2.75) is 25.8 Å². The van der Waals surface area contributed by atoms with E-state index in [1.165, 1.54) is 0 Å². The molecule has 8 heteroatoms. The number of nitrogens with one attached hydrogen (secondary N) is 1. The van der Waals surface area contributed by atoms with Crippen molar-refractivity contribution in [2.75, 3.05) is 20.3 Å². The van der Waals surface area contributed by atoms with Gasteiger partial charge in [-0.2, -0.15) is 0 Å². The first-order chi connectivity index (χ1) is 16.9. The fraction of sp³-hybridized carbons (Fsp3) is 0.259. The number of para-hydroxylation sites is 1. The highest BCUT2D eigenvalue weighted by Crippen LogP contribution is 2.30. The molecular formula is C27H26N2O6. The van der Waals surface area contributed by atoms with E-state index in [9.17, 15) is 19.2 Å². The lowest BCUT2D eigenvalue weighted by Crippen LogP contribution is -2.41. The third-order valence-electron chi connectivity index (χ3n) is 5.97. The van der Waals surface area contributed by atoms with Gasteiger partial charge in [-0.1, -0.05) is 42.5 Å². The van der Waals surface area contributed by atoms with Crippen molar-refractivity contribution in [1.29, 1.82) is 0 Å². The zero-order valence-corrected chi connectivity index (χ0v) is 19.6. The van der Waals surface area contributed by atoms with E-state index < -0.39 is 18.5 Å². The van der Waals surface area contributed by atoms with Crippen LogP contribution in [-0.2, 0) is 14.3 Å². The number of amides is 3. The van der Waals surface area contributed by atoms with Crippen molar-refractivity contribution >= 4 is 34.5 Å². The fourth-order valence-corrected chi connectivity index (χ4v) is 4.27. The Morgan fingerprint density at radius 2 is 1.60 bits per heavy atom. The van der Waals surface area contributed by atoms with Crippen LogP contribution < -0.4 is 10.1 Å². The largest absolute Gasteiger partial charge is 0.496 e. The molecule has 0 saturated carbocycles. The molecule has 3 aromatic rings. The van der Waals surface area contributed by atoms with Gasteiger partial charge in [0.2, 0.25) is 0 Å². The minimum Gasteiger partial charge on any atom is -0.496 e. The summed E-state index contributed by atoms with van der Waals surface area (Å²) in [5, 5.41) is 4.27. The highest BCUT2D eigenvalue weighted by molar-refractivity contribution is 6.25. The normalized spacial score (nSPS) is 13.5. The van der Waals surface area contributed by atoms with Crippen molar-refractivity contribution in [2.24, 2.45) is 0 Å². The molecule has 0 bridgehead atoms. The second-order valence-electron chi connectivity index (χ2n) is 8.27. The van der Waals surface area contributed by atoms with Crippen molar-refractivity contribution in [3.63, 3.8) is 0 Å². The van der Waals surface area contributed by atoms with Crippen LogP contribution in [0.4, 0.5) is 0 Å². The van der Waals surface area contributed by atoms with E-state index in [2.05, 4.69) is 5.32 Å². The maximum absolute atomic E-state index is 12.9. The first-order valence-electron chi connectivity index (χ1n) is 11.4. The molecule has 35 heavy (non-hydrogen) atoms. The summed E-state index contributed by atoms with van der Waals surface area (Å²) in [5.41, 5.74) is 1.75. The number of rotatable bonds is 9. The number of hydrogen-bond donors (Lipinski definition) is 1. The van der Waals surface area contributed by atoms with Crippen molar-refractivity contribution < 1.29 is 28.7 Å². The summed E-state index contributed by atoms with van der Waals surface area (Å²) in [5.74, 6) is -1.12. The van der Waals surface area contributed by atoms with Gasteiger partial charge in [0, 0.05) is 35.0 Å². The summed E-state index contributed by atoms with van der Waals surface area (Å²) >= 11 is 0. The molecule has 3 aromatic carbocycles. The van der Waals surface area contributed by atoms with Gasteiger partial charge in [-0.15, -0.1) is 0 Å². The zero-order chi connectivity index (χ0) is 24.9. The molecular weight excluding hydrogens is 448 g/mol. The highest BCUT2D eigenvalue weighted by Gasteiger charge is 2.32. The number of carbonyl (C=O) groups excluding carboxylic acids is 4. The smallest absolute Gasteiger partial charge is 0.306 e. The molecule has 1 unspecified atom stereocenters. The molecule has 0 spiro atoms. The summed E-state index contributed by atoms with van der Waals surface area (Å²) in [4.78, 5) is 51.3. The van der Waals surface area contributed by atoms with Crippen LogP contribution in [0.2, 0.25) is 0 Å². The van der Waals surface area contributed by atoms with E-state index in [4.69, 9.17) is 9.47 Å². The molecule has 1 atom stereocenters. The van der Waals surface area contributed by atoms with Gasteiger partial charge in [-0.25, -0.2) is 0 Å². The van der Waals surface area contributed by atoms with Crippen LogP contribution in [-0.4, -0.2) is 48.9 Å². The molecule has 0 radical (unpaired) electrons. The zero-order valence-electron chi connectivity index (χ0n) is 19.6. The summed E-state index contributed by atoms with van der Waals surface area (Å²) in [6.07, 6.45) is 0.200. The summed E-state index contributed by atoms with van der Waals surface area (Å²) in [7, 11) is 1.55. The van der Waals surface area contributed by atoms with Crippen molar-refractivity contribution in [3.8, 4) is 5.75 Å². The highest BCUT2D eigenvalue weighted by atomic mass is 16.5. The van der Waals surface area contributed by atoms with Crippen molar-refractivity contribution in [3.05, 3.63) is 77.4 Å². The van der Waals surface area contributed by atoms with Gasteiger partial charge in [-0.05, 0) is 36.9 Å². The molecule has 0 aliphatic carbocycles. The van der Waals surface area contributed by atoms with Gasteiger partial charge >= 0.3 is 5.97 Å². The number of benzene rings is 3. The predicted molar refractivity (Wildman–Crippen MR) is 129 cm³/mol. The summed E-state index contributed by atoms with van der Waals surface area (Å²) in [6.45, 7) is 1.46. The molecule has 1 aliphatic rings. The van der Waals surface area contributed by atoms with Crippen LogP contribution >= 0.6 is 0 Å². The van der Waals surface area contributed by atoms with E-state index in [-0.39, 0.29) is 37.2 Å². The first-order valence-corrected chi connectivity index (χ1v) is 11.4. The summed E-state index contributed by atoms with van der Waals surface area (Å²) in [6, 6.07) is 17.7. The van der Waals surface area contributed by atoms with Gasteiger partial charge < -0.3 is 14.8 Å². The average Bonchev–Trinajstić information content (AvgIpc) is 2.87. The topological polar surface area (TPSA) is 102 Å². The maximum Gasteiger partial charge on any atom is 0.306 e. The SMILES string of the molecule is COc1ccccc1C(C)NC(=O)COC(=O)CCCN1C(=O)c2cccc3cccc(c23)C1=O. The lowest BCUT2D eigenvalue weighted by atomic mass is 9.94. The minimum absolute atomic E-state index is 0.0295. The maximum atomic E-state index is 12.9. The minimum atomic E-state index is -0.579. The molecule has 0 saturated heterocycles. The number of carbonyl (C=O) groups is 4. The van der Waals surface area contributed by atoms with Gasteiger partial charge in [0.05, 0.1) is 13.2 Å². The molecule has 1 heterocycles. The average molecular weight is 475 g/mol. The van der Waals surface area contributed by atoms with E-state index in [1.54, 1.807) is 37.4 Å². The Bertz CT molecular complexity index is 1250. The van der Waals surface area contributed by atoms with Crippen LogP contribution in [0.15, 0.2) is 60.7 Å². The van der Waals surface area contributed by atoms with E-state index in [0.29, 0.717) is 22.3 Å². The van der Waals surface area contributed by atoms with Gasteiger partial charge in [0.1, 0.15) is 5.75 Å². The number of nitrogens with zero attached hydrogens (tertiary/aromatic N) is 1. The lowest BCUT2D eigenvalue weighted by Gasteiger charge is -2.27. The second-order valence-corrected chi connectivity index (χ2v) is 8.27. The Kier molecular flexibility index (Phi) is 7.10. The molecule has 0 aromatic heterocycles. The van der Waals surface area contributed by atoms with Crippen LogP contribution in [0.5, 0.6) is 5.75 Å². The van der Waals surface area contributed by atoms with E-state index in [0.717, 1.165) is 15.8 Å². The molecule has 1 N–H and O–H groups in total. The van der Waals surface area contributed by atoms with Crippen LogP contribution in [0.25, 0.3) is 10.8 Å². The fourth-order valence-electron chi connectivity index (χ4n) is 4.27. The number of methoxy groups -OCH3 is 1. The Morgan fingerprint density at radius 1 is 0.943 bits per heavy atom. The standard InChI is InChI=1S/C27H26N2O6/c1-17(19-10-3-4-13-22(19)34-2)28-23(30)16-35-24(31)14-7-15-29-26(32)20-11-5-8-18-9-6-12-21(25(18)20)27(29)33/h3-6,8-13,17H,7,14-16H2,1-2H3,(H,28,30). The lowest BCUT2D eigenvalue weighted by molar-refractivity contribution is -0.148. The molecule has 0 fully saturated rings. The quantitative estimate of drug-likeness (QED) is 0.375. The molecule has 8 nitrogen and oxygen atoms in total. The number of imide groups is 1. The van der Waals surface area contributed by atoms with E-state index >= 15 is 0 Å². The molecule has 180 valence electrons. The summed E-state index contributed by atoms with van der Waals surface area (Å²) < 4.78 is 10.4. The van der Waals surface area contributed by atoms with Crippen LogP contribution in [0, 0.1) is 0 Å². The Labute approximate surface area is 202 Å². The van der Waals surface area contributed by atoms with Gasteiger partial charge in [0.15, 0.2) is 6.61 Å². The Hall–Kier alpha value is -4.20. The van der Waals surface area contributed by atoms with Crippen LogP contribution in [0.1, 0.15) is 52.1 Å². The Morgan fingerprint density at radius 3 is 2.26 bits per heavy atom. The predicted octanol–water partition coefficient (Wildman–Crippen LogP) is 3.65. The third kappa shape index (κ3) is 5.01. The van der Waals surface area contributed by atoms with Gasteiger partial charge in [-0.3, -0.25) is 24.1 Å². The number of ether oxygens (including phenoxy) is 2. The molecule has 3 amide bonds. The molecule has 1 aliphatic heterocycles. The number of esters is 1. The second kappa shape index (κ2) is 10.4. The van der Waals surface area contributed by atoms with Crippen molar-refractivity contribution in [1.82, 2.24) is 10.2 Å². The third-order valence-corrected chi connectivity index (χ3v) is 5.97. The number of hydrogen-bond acceptors (Lipinski definition) is 6. The van der Waals surface area contributed by atoms with Gasteiger partial charge in [0.25, 0.3) is 17.7 Å². The molecule has 4 rings (SSSR count). The van der Waals surface area contributed by atoms with Crippen LogP contribution in [0.3, 0.4) is 0 Å².